The van der Waals surface area contributed by atoms with Crippen LogP contribution in [-0.2, 0) is 4.79 Å². The minimum absolute atomic E-state index is 0.00299. The van der Waals surface area contributed by atoms with E-state index in [4.69, 9.17) is 11.6 Å². The molecule has 2 heterocycles. The first-order valence-corrected chi connectivity index (χ1v) is 8.53. The molecule has 0 bridgehead atoms. The zero-order valence-corrected chi connectivity index (χ0v) is 14.8. The molecule has 1 amide bonds. The number of likely N-dealkylation sites (tertiary alicyclic amines) is 1. The van der Waals surface area contributed by atoms with Gasteiger partial charge in [-0.15, -0.1) is 5.10 Å². The molecular weight excluding hydrogens is 344 g/mol. The third-order valence-corrected chi connectivity index (χ3v) is 4.54. The molecule has 25 heavy (non-hydrogen) atoms. The van der Waals surface area contributed by atoms with Gasteiger partial charge in [-0.05, 0) is 25.0 Å². The second-order valence-electron chi connectivity index (χ2n) is 6.31. The molecule has 1 fully saturated rings. The molecule has 0 spiro atoms. The highest BCUT2D eigenvalue weighted by Crippen LogP contribution is 2.25. The SMILES string of the molecule is CC(C)c1nc(C(=O)N2CCCC2C(=O)O)nn1-c1ccccc1Cl. The average molecular weight is 363 g/mol. The van der Waals surface area contributed by atoms with E-state index >= 15 is 0 Å². The largest absolute Gasteiger partial charge is 0.480 e. The van der Waals surface area contributed by atoms with Crippen molar-refractivity contribution >= 4 is 23.5 Å². The summed E-state index contributed by atoms with van der Waals surface area (Å²) in [6.45, 7) is 4.29. The number of carboxylic acid groups (broad SMARTS) is 1. The van der Waals surface area contributed by atoms with E-state index in [9.17, 15) is 14.7 Å². The van der Waals surface area contributed by atoms with Gasteiger partial charge in [0, 0.05) is 12.5 Å². The van der Waals surface area contributed by atoms with Gasteiger partial charge in [0.25, 0.3) is 5.91 Å². The van der Waals surface area contributed by atoms with Crippen molar-refractivity contribution in [3.05, 3.63) is 40.9 Å². The molecule has 1 N–H and O–H groups in total. The number of carbonyl (C=O) groups is 2. The van der Waals surface area contributed by atoms with Crippen molar-refractivity contribution in [2.24, 2.45) is 0 Å². The molecule has 0 aliphatic carbocycles. The lowest BCUT2D eigenvalue weighted by Gasteiger charge is -2.19. The fraction of sp³-hybridized carbons (Fsp3) is 0.412. The van der Waals surface area contributed by atoms with Crippen LogP contribution in [0, 0.1) is 0 Å². The molecule has 3 rings (SSSR count). The van der Waals surface area contributed by atoms with E-state index in [1.807, 2.05) is 26.0 Å². The molecular formula is C17H19ClN4O3. The molecule has 1 aliphatic rings. The van der Waals surface area contributed by atoms with Crippen molar-refractivity contribution in [2.75, 3.05) is 6.54 Å². The number of aromatic nitrogens is 3. The van der Waals surface area contributed by atoms with Gasteiger partial charge in [-0.2, -0.15) is 0 Å². The molecule has 1 unspecified atom stereocenters. The van der Waals surface area contributed by atoms with Gasteiger partial charge in [0.2, 0.25) is 5.82 Å². The van der Waals surface area contributed by atoms with E-state index in [2.05, 4.69) is 10.1 Å². The minimum Gasteiger partial charge on any atom is -0.480 e. The first-order valence-electron chi connectivity index (χ1n) is 8.15. The molecule has 1 saturated heterocycles. The summed E-state index contributed by atoms with van der Waals surface area (Å²) in [5.74, 6) is -0.850. The fourth-order valence-corrected chi connectivity index (χ4v) is 3.20. The number of benzene rings is 1. The summed E-state index contributed by atoms with van der Waals surface area (Å²) in [6, 6.07) is 6.36. The lowest BCUT2D eigenvalue weighted by molar-refractivity contribution is -0.141. The Kier molecular flexibility index (Phi) is 4.76. The number of hydrogen-bond donors (Lipinski definition) is 1. The van der Waals surface area contributed by atoms with Crippen molar-refractivity contribution in [3.8, 4) is 5.69 Å². The van der Waals surface area contributed by atoms with Gasteiger partial charge in [-0.1, -0.05) is 37.6 Å². The Labute approximate surface area is 150 Å². The van der Waals surface area contributed by atoms with Gasteiger partial charge in [0.1, 0.15) is 11.9 Å². The molecule has 8 heteroatoms. The Bertz CT molecular complexity index is 818. The zero-order chi connectivity index (χ0) is 18.1. The zero-order valence-electron chi connectivity index (χ0n) is 14.0. The topological polar surface area (TPSA) is 88.3 Å². The minimum atomic E-state index is -1.000. The highest BCUT2D eigenvalue weighted by molar-refractivity contribution is 6.32. The van der Waals surface area contributed by atoms with Crippen LogP contribution in [-0.4, -0.2) is 49.2 Å². The quantitative estimate of drug-likeness (QED) is 0.903. The maximum atomic E-state index is 12.8. The summed E-state index contributed by atoms with van der Waals surface area (Å²) in [5, 5.41) is 14.1. The molecule has 1 aliphatic heterocycles. The number of hydrogen-bond acceptors (Lipinski definition) is 4. The third kappa shape index (κ3) is 3.24. The number of aliphatic carboxylic acids is 1. The maximum Gasteiger partial charge on any atom is 0.326 e. The molecule has 2 aromatic rings. The van der Waals surface area contributed by atoms with Crippen molar-refractivity contribution in [3.63, 3.8) is 0 Å². The van der Waals surface area contributed by atoms with Crippen LogP contribution in [0.15, 0.2) is 24.3 Å². The van der Waals surface area contributed by atoms with Crippen LogP contribution in [0.1, 0.15) is 49.1 Å². The Morgan fingerprint density at radius 1 is 1.32 bits per heavy atom. The van der Waals surface area contributed by atoms with Gasteiger partial charge in [-0.25, -0.2) is 14.5 Å². The Hall–Kier alpha value is -2.41. The second-order valence-corrected chi connectivity index (χ2v) is 6.71. The van der Waals surface area contributed by atoms with Crippen LogP contribution in [0.3, 0.4) is 0 Å². The van der Waals surface area contributed by atoms with Crippen LogP contribution in [0.5, 0.6) is 0 Å². The summed E-state index contributed by atoms with van der Waals surface area (Å²) in [6.07, 6.45) is 1.11. The summed E-state index contributed by atoms with van der Waals surface area (Å²) in [5.41, 5.74) is 0.635. The maximum absolute atomic E-state index is 12.8. The Balaban J connectivity index is 2.01. The monoisotopic (exact) mass is 362 g/mol. The summed E-state index contributed by atoms with van der Waals surface area (Å²) >= 11 is 6.25. The number of amides is 1. The number of rotatable bonds is 4. The predicted octanol–water partition coefficient (Wildman–Crippen LogP) is 2.73. The molecule has 1 aromatic heterocycles. The van der Waals surface area contributed by atoms with Crippen LogP contribution in [0.2, 0.25) is 5.02 Å². The third-order valence-electron chi connectivity index (χ3n) is 4.22. The van der Waals surface area contributed by atoms with Gasteiger partial charge < -0.3 is 10.0 Å². The normalized spacial score (nSPS) is 17.3. The number of carbonyl (C=O) groups excluding carboxylic acids is 1. The summed E-state index contributed by atoms with van der Waals surface area (Å²) in [4.78, 5) is 29.8. The van der Waals surface area contributed by atoms with E-state index < -0.39 is 17.9 Å². The first-order chi connectivity index (χ1) is 11.9. The van der Waals surface area contributed by atoms with E-state index in [1.165, 1.54) is 4.90 Å². The highest BCUT2D eigenvalue weighted by Gasteiger charge is 2.36. The fourth-order valence-electron chi connectivity index (χ4n) is 2.98. The van der Waals surface area contributed by atoms with E-state index in [0.29, 0.717) is 35.9 Å². The van der Waals surface area contributed by atoms with Crippen LogP contribution in [0.4, 0.5) is 0 Å². The number of halogens is 1. The van der Waals surface area contributed by atoms with Crippen LogP contribution >= 0.6 is 11.6 Å². The molecule has 0 radical (unpaired) electrons. The molecule has 132 valence electrons. The number of nitrogens with zero attached hydrogens (tertiary/aromatic N) is 4. The second kappa shape index (κ2) is 6.84. The summed E-state index contributed by atoms with van der Waals surface area (Å²) in [7, 11) is 0. The van der Waals surface area contributed by atoms with Crippen LogP contribution < -0.4 is 0 Å². The standard InChI is InChI=1S/C17H19ClN4O3/c1-10(2)15-19-14(16(23)21-9-5-8-13(21)17(24)25)20-22(15)12-7-4-3-6-11(12)18/h3-4,6-7,10,13H,5,8-9H2,1-2H3,(H,24,25). The first kappa shape index (κ1) is 17.4. The van der Waals surface area contributed by atoms with E-state index in [0.717, 1.165) is 0 Å². The highest BCUT2D eigenvalue weighted by atomic mass is 35.5. The van der Waals surface area contributed by atoms with Crippen molar-refractivity contribution < 1.29 is 14.7 Å². The van der Waals surface area contributed by atoms with Crippen molar-refractivity contribution in [2.45, 2.75) is 38.6 Å². The smallest absolute Gasteiger partial charge is 0.326 e. The van der Waals surface area contributed by atoms with E-state index in [1.54, 1.807) is 16.8 Å². The van der Waals surface area contributed by atoms with Gasteiger partial charge in [-0.3, -0.25) is 4.79 Å². The lowest BCUT2D eigenvalue weighted by atomic mass is 10.2. The molecule has 0 saturated carbocycles. The molecule has 7 nitrogen and oxygen atoms in total. The van der Waals surface area contributed by atoms with Crippen molar-refractivity contribution in [1.29, 1.82) is 0 Å². The van der Waals surface area contributed by atoms with Crippen LogP contribution in [0.25, 0.3) is 5.69 Å². The van der Waals surface area contributed by atoms with Gasteiger partial charge in [0.05, 0.1) is 10.7 Å². The Morgan fingerprint density at radius 3 is 2.68 bits per heavy atom. The predicted molar refractivity (Wildman–Crippen MR) is 92.2 cm³/mol. The molecule has 1 atom stereocenters. The van der Waals surface area contributed by atoms with Crippen molar-refractivity contribution in [1.82, 2.24) is 19.7 Å². The lowest BCUT2D eigenvalue weighted by Crippen LogP contribution is -2.40. The average Bonchev–Trinajstić information content (AvgIpc) is 3.22. The van der Waals surface area contributed by atoms with Gasteiger partial charge >= 0.3 is 5.97 Å². The molecule has 1 aromatic carbocycles. The van der Waals surface area contributed by atoms with Gasteiger partial charge in [0.15, 0.2) is 0 Å². The number of para-hydroxylation sites is 1. The summed E-state index contributed by atoms with van der Waals surface area (Å²) < 4.78 is 1.56. The Morgan fingerprint density at radius 2 is 2.04 bits per heavy atom. The van der Waals surface area contributed by atoms with E-state index in [-0.39, 0.29) is 11.7 Å². The number of carboxylic acids is 1.